The van der Waals surface area contributed by atoms with Crippen molar-refractivity contribution in [3.8, 4) is 5.75 Å². The number of hydrogen-bond donors (Lipinski definition) is 2. The lowest BCUT2D eigenvalue weighted by Crippen LogP contribution is -2.50. The summed E-state index contributed by atoms with van der Waals surface area (Å²) in [5, 5.41) is 5.48. The fraction of sp³-hybridized carbons (Fsp3) is 0.467. The fourth-order valence-corrected chi connectivity index (χ4v) is 1.57. The molecule has 0 bridgehead atoms. The minimum atomic E-state index is -0.594. The van der Waals surface area contributed by atoms with Gasteiger partial charge in [0.2, 0.25) is 5.91 Å². The van der Waals surface area contributed by atoms with E-state index in [1.807, 2.05) is 20.8 Å². The molecule has 2 amide bonds. The van der Waals surface area contributed by atoms with Crippen LogP contribution in [0.2, 0.25) is 0 Å². The van der Waals surface area contributed by atoms with Gasteiger partial charge in [-0.1, -0.05) is 0 Å². The normalized spacial score (nSPS) is 12.4. The topological polar surface area (TPSA) is 67.4 Å². The number of nitrogens with one attached hydrogen (secondary N) is 2. The first-order valence-electron chi connectivity index (χ1n) is 6.50. The lowest BCUT2D eigenvalue weighted by molar-refractivity contribution is -0.124. The van der Waals surface area contributed by atoms with Crippen molar-refractivity contribution in [3.63, 3.8) is 0 Å². The molecule has 0 saturated carbocycles. The summed E-state index contributed by atoms with van der Waals surface area (Å²) in [6, 6.07) is 6.12. The molecule has 0 heterocycles. The Bertz CT molecular complexity index is 475. The number of benzene rings is 1. The van der Waals surface area contributed by atoms with Gasteiger partial charge in [-0.3, -0.25) is 9.59 Å². The first kappa shape index (κ1) is 16.0. The molecule has 5 nitrogen and oxygen atoms in total. The van der Waals surface area contributed by atoms with Crippen LogP contribution in [0.15, 0.2) is 24.3 Å². The monoisotopic (exact) mass is 278 g/mol. The van der Waals surface area contributed by atoms with Gasteiger partial charge < -0.3 is 15.4 Å². The molecular weight excluding hydrogens is 256 g/mol. The standard InChI is InChI=1S/C15H22N2O3/c1-10(13(18)17-15(2,3)4)16-14(19)11-6-8-12(20-5)9-7-11/h6-10H,1-5H3,(H,16,19)(H,17,18)/t10-/m1/s1. The molecule has 0 aliphatic rings. The molecule has 1 aromatic carbocycles. The maximum absolute atomic E-state index is 12.0. The van der Waals surface area contributed by atoms with Crippen molar-refractivity contribution in [1.82, 2.24) is 10.6 Å². The quantitative estimate of drug-likeness (QED) is 0.881. The van der Waals surface area contributed by atoms with Crippen LogP contribution < -0.4 is 15.4 Å². The summed E-state index contributed by atoms with van der Waals surface area (Å²) in [5.74, 6) is 0.184. The molecule has 0 spiro atoms. The summed E-state index contributed by atoms with van der Waals surface area (Å²) in [4.78, 5) is 23.9. The average molecular weight is 278 g/mol. The van der Waals surface area contributed by atoms with Gasteiger partial charge in [0.25, 0.3) is 5.91 Å². The Morgan fingerprint density at radius 3 is 2.15 bits per heavy atom. The summed E-state index contributed by atoms with van der Waals surface area (Å²) >= 11 is 0. The second-order valence-corrected chi connectivity index (χ2v) is 5.66. The third-order valence-corrected chi connectivity index (χ3v) is 2.59. The van der Waals surface area contributed by atoms with E-state index in [0.717, 1.165) is 0 Å². The van der Waals surface area contributed by atoms with Gasteiger partial charge in [0, 0.05) is 11.1 Å². The van der Waals surface area contributed by atoms with Crippen LogP contribution in [-0.2, 0) is 4.79 Å². The Morgan fingerprint density at radius 1 is 1.15 bits per heavy atom. The summed E-state index contributed by atoms with van der Waals surface area (Å²) in [6.45, 7) is 7.33. The molecule has 110 valence electrons. The van der Waals surface area contributed by atoms with E-state index in [9.17, 15) is 9.59 Å². The highest BCUT2D eigenvalue weighted by Gasteiger charge is 2.21. The molecule has 0 unspecified atom stereocenters. The number of carbonyl (C=O) groups is 2. The second-order valence-electron chi connectivity index (χ2n) is 5.66. The van der Waals surface area contributed by atoms with Crippen LogP contribution in [0.25, 0.3) is 0 Å². The molecule has 2 N–H and O–H groups in total. The van der Waals surface area contributed by atoms with Crippen LogP contribution >= 0.6 is 0 Å². The van der Waals surface area contributed by atoms with E-state index in [2.05, 4.69) is 10.6 Å². The largest absolute Gasteiger partial charge is 0.497 e. The van der Waals surface area contributed by atoms with Gasteiger partial charge in [0.15, 0.2) is 0 Å². The van der Waals surface area contributed by atoms with E-state index in [1.165, 1.54) is 0 Å². The van der Waals surface area contributed by atoms with Crippen LogP contribution in [0.3, 0.4) is 0 Å². The van der Waals surface area contributed by atoms with Crippen molar-refractivity contribution in [2.75, 3.05) is 7.11 Å². The molecule has 1 rings (SSSR count). The van der Waals surface area contributed by atoms with Crippen molar-refractivity contribution in [2.45, 2.75) is 39.3 Å². The molecule has 0 radical (unpaired) electrons. The number of hydrogen-bond acceptors (Lipinski definition) is 3. The molecule has 0 aliphatic carbocycles. The van der Waals surface area contributed by atoms with Gasteiger partial charge in [-0.2, -0.15) is 0 Å². The molecule has 0 aliphatic heterocycles. The zero-order valence-corrected chi connectivity index (χ0v) is 12.6. The summed E-state index contributed by atoms with van der Waals surface area (Å²) < 4.78 is 5.03. The van der Waals surface area contributed by atoms with Crippen LogP contribution in [0.4, 0.5) is 0 Å². The Hall–Kier alpha value is -2.04. The SMILES string of the molecule is COc1ccc(C(=O)N[C@H](C)C(=O)NC(C)(C)C)cc1. The summed E-state index contributed by atoms with van der Waals surface area (Å²) in [7, 11) is 1.56. The lowest BCUT2D eigenvalue weighted by Gasteiger charge is -2.23. The van der Waals surface area contributed by atoms with Crippen molar-refractivity contribution in [3.05, 3.63) is 29.8 Å². The van der Waals surface area contributed by atoms with Gasteiger partial charge in [-0.05, 0) is 52.0 Å². The Labute approximate surface area is 119 Å². The maximum Gasteiger partial charge on any atom is 0.251 e. The zero-order chi connectivity index (χ0) is 15.3. The Kier molecular flexibility index (Phi) is 5.13. The van der Waals surface area contributed by atoms with Crippen molar-refractivity contribution in [1.29, 1.82) is 0 Å². The molecule has 0 fully saturated rings. The zero-order valence-electron chi connectivity index (χ0n) is 12.6. The first-order valence-corrected chi connectivity index (χ1v) is 6.50. The highest BCUT2D eigenvalue weighted by atomic mass is 16.5. The van der Waals surface area contributed by atoms with E-state index in [0.29, 0.717) is 11.3 Å². The van der Waals surface area contributed by atoms with Crippen molar-refractivity contribution >= 4 is 11.8 Å². The molecule has 5 heteroatoms. The number of methoxy groups -OCH3 is 1. The van der Waals surface area contributed by atoms with E-state index >= 15 is 0 Å². The van der Waals surface area contributed by atoms with Gasteiger partial charge in [-0.25, -0.2) is 0 Å². The lowest BCUT2D eigenvalue weighted by atomic mass is 10.1. The molecule has 20 heavy (non-hydrogen) atoms. The van der Waals surface area contributed by atoms with Gasteiger partial charge in [0.1, 0.15) is 11.8 Å². The van der Waals surface area contributed by atoms with Crippen LogP contribution in [-0.4, -0.2) is 30.5 Å². The number of carbonyl (C=O) groups excluding carboxylic acids is 2. The van der Waals surface area contributed by atoms with Crippen LogP contribution in [0, 0.1) is 0 Å². The number of ether oxygens (including phenoxy) is 1. The highest BCUT2D eigenvalue weighted by Crippen LogP contribution is 2.11. The number of rotatable bonds is 4. The van der Waals surface area contributed by atoms with E-state index in [1.54, 1.807) is 38.3 Å². The van der Waals surface area contributed by atoms with Gasteiger partial charge in [0.05, 0.1) is 7.11 Å². The third kappa shape index (κ3) is 4.91. The molecular formula is C15H22N2O3. The van der Waals surface area contributed by atoms with Crippen LogP contribution in [0.1, 0.15) is 38.1 Å². The molecule has 0 aromatic heterocycles. The van der Waals surface area contributed by atoms with Gasteiger partial charge >= 0.3 is 0 Å². The second kappa shape index (κ2) is 6.41. The highest BCUT2D eigenvalue weighted by molar-refractivity contribution is 5.97. The number of amides is 2. The summed E-state index contributed by atoms with van der Waals surface area (Å²) in [6.07, 6.45) is 0. The van der Waals surface area contributed by atoms with Crippen molar-refractivity contribution < 1.29 is 14.3 Å². The fourth-order valence-electron chi connectivity index (χ4n) is 1.57. The smallest absolute Gasteiger partial charge is 0.251 e. The predicted molar refractivity (Wildman–Crippen MR) is 77.8 cm³/mol. The first-order chi connectivity index (χ1) is 9.23. The van der Waals surface area contributed by atoms with E-state index in [-0.39, 0.29) is 17.4 Å². The van der Waals surface area contributed by atoms with E-state index in [4.69, 9.17) is 4.74 Å². The molecule has 1 atom stereocenters. The van der Waals surface area contributed by atoms with Crippen molar-refractivity contribution in [2.24, 2.45) is 0 Å². The molecule has 1 aromatic rings. The van der Waals surface area contributed by atoms with Gasteiger partial charge in [-0.15, -0.1) is 0 Å². The van der Waals surface area contributed by atoms with Crippen LogP contribution in [0.5, 0.6) is 5.75 Å². The summed E-state index contributed by atoms with van der Waals surface area (Å²) in [5.41, 5.74) is 0.164. The third-order valence-electron chi connectivity index (χ3n) is 2.59. The Morgan fingerprint density at radius 2 is 1.70 bits per heavy atom. The minimum absolute atomic E-state index is 0.209. The minimum Gasteiger partial charge on any atom is -0.497 e. The molecule has 0 saturated heterocycles. The average Bonchev–Trinajstić information content (AvgIpc) is 2.36. The maximum atomic E-state index is 12.0. The Balaban J connectivity index is 2.62. The predicted octanol–water partition coefficient (Wildman–Crippen LogP) is 1.73. The van der Waals surface area contributed by atoms with E-state index < -0.39 is 6.04 Å².